The third-order valence-electron chi connectivity index (χ3n) is 2.48. The monoisotopic (exact) mass is 242 g/mol. The molecule has 1 heterocycles. The molecule has 0 saturated carbocycles. The SMILES string of the molecule is N#Cc1ccc2ccn(CC(=O)NC(N)=O)c2c1. The van der Waals surface area contributed by atoms with Crippen LogP contribution in [0.3, 0.4) is 0 Å². The standard InChI is InChI=1S/C12H10N4O2/c13-6-8-1-2-9-3-4-16(10(9)5-8)7-11(17)15-12(14)18/h1-5H,7H2,(H3,14,15,17,18). The molecule has 2 rings (SSSR count). The fraction of sp³-hybridized carbons (Fsp3) is 0.0833. The molecule has 2 aromatic rings. The first-order valence-corrected chi connectivity index (χ1v) is 5.18. The van der Waals surface area contributed by atoms with Crippen LogP contribution in [0.15, 0.2) is 30.5 Å². The summed E-state index contributed by atoms with van der Waals surface area (Å²) in [5.41, 5.74) is 6.13. The van der Waals surface area contributed by atoms with Gasteiger partial charge < -0.3 is 10.3 Å². The minimum Gasteiger partial charge on any atom is -0.351 e. The molecule has 6 nitrogen and oxygen atoms in total. The van der Waals surface area contributed by atoms with Gasteiger partial charge in [0.15, 0.2) is 0 Å². The summed E-state index contributed by atoms with van der Waals surface area (Å²) in [6.45, 7) is -0.0265. The molecule has 3 N–H and O–H groups in total. The van der Waals surface area contributed by atoms with E-state index in [2.05, 4.69) is 0 Å². The summed E-state index contributed by atoms with van der Waals surface area (Å²) < 4.78 is 1.65. The number of nitrogens with one attached hydrogen (secondary N) is 1. The van der Waals surface area contributed by atoms with E-state index in [4.69, 9.17) is 11.0 Å². The van der Waals surface area contributed by atoms with Crippen molar-refractivity contribution in [2.75, 3.05) is 0 Å². The Morgan fingerprint density at radius 1 is 1.39 bits per heavy atom. The molecule has 0 saturated heterocycles. The number of hydrogen-bond acceptors (Lipinski definition) is 3. The maximum atomic E-state index is 11.4. The highest BCUT2D eigenvalue weighted by Crippen LogP contribution is 2.17. The van der Waals surface area contributed by atoms with Crippen LogP contribution in [-0.2, 0) is 11.3 Å². The molecular formula is C12H10N4O2. The lowest BCUT2D eigenvalue weighted by molar-refractivity contribution is -0.120. The quantitative estimate of drug-likeness (QED) is 0.810. The Morgan fingerprint density at radius 3 is 2.83 bits per heavy atom. The largest absolute Gasteiger partial charge is 0.351 e. The van der Waals surface area contributed by atoms with Gasteiger partial charge in [0.05, 0.1) is 11.6 Å². The van der Waals surface area contributed by atoms with Crippen molar-refractivity contribution < 1.29 is 9.59 Å². The zero-order valence-electron chi connectivity index (χ0n) is 9.38. The van der Waals surface area contributed by atoms with Crippen LogP contribution in [0.25, 0.3) is 10.9 Å². The van der Waals surface area contributed by atoms with Crippen molar-refractivity contribution in [2.45, 2.75) is 6.54 Å². The molecule has 0 atom stereocenters. The number of aromatic nitrogens is 1. The molecule has 0 fully saturated rings. The molecule has 90 valence electrons. The Hall–Kier alpha value is -2.81. The summed E-state index contributed by atoms with van der Waals surface area (Å²) in [4.78, 5) is 22.0. The van der Waals surface area contributed by atoms with E-state index < -0.39 is 11.9 Å². The van der Waals surface area contributed by atoms with Crippen molar-refractivity contribution in [3.8, 4) is 6.07 Å². The zero-order valence-corrected chi connectivity index (χ0v) is 9.38. The second kappa shape index (κ2) is 4.59. The highest BCUT2D eigenvalue weighted by Gasteiger charge is 2.08. The Morgan fingerprint density at radius 2 is 2.17 bits per heavy atom. The predicted molar refractivity (Wildman–Crippen MR) is 64.4 cm³/mol. The number of amides is 3. The van der Waals surface area contributed by atoms with E-state index in [1.165, 1.54) is 0 Å². The van der Waals surface area contributed by atoms with Gasteiger partial charge in [0, 0.05) is 11.7 Å². The number of hydrogen-bond donors (Lipinski definition) is 2. The van der Waals surface area contributed by atoms with Gasteiger partial charge in [-0.15, -0.1) is 0 Å². The van der Waals surface area contributed by atoms with Gasteiger partial charge in [0.25, 0.3) is 0 Å². The molecular weight excluding hydrogens is 232 g/mol. The van der Waals surface area contributed by atoms with Gasteiger partial charge in [-0.1, -0.05) is 6.07 Å². The number of primary amides is 1. The third-order valence-corrected chi connectivity index (χ3v) is 2.48. The van der Waals surface area contributed by atoms with Crippen LogP contribution in [0.4, 0.5) is 4.79 Å². The fourth-order valence-corrected chi connectivity index (χ4v) is 1.72. The number of imide groups is 1. The van der Waals surface area contributed by atoms with Gasteiger partial charge in [-0.3, -0.25) is 10.1 Å². The van der Waals surface area contributed by atoms with Crippen LogP contribution in [0, 0.1) is 11.3 Å². The van der Waals surface area contributed by atoms with Crippen molar-refractivity contribution >= 4 is 22.8 Å². The van der Waals surface area contributed by atoms with E-state index in [1.54, 1.807) is 29.0 Å². The predicted octanol–water partition coefficient (Wildman–Crippen LogP) is 0.708. The molecule has 0 radical (unpaired) electrons. The smallest absolute Gasteiger partial charge is 0.318 e. The Kier molecular flexibility index (Phi) is 2.98. The van der Waals surface area contributed by atoms with Crippen LogP contribution in [0.5, 0.6) is 0 Å². The van der Waals surface area contributed by atoms with Gasteiger partial charge in [0.1, 0.15) is 6.54 Å². The molecule has 3 amide bonds. The number of benzene rings is 1. The molecule has 1 aromatic heterocycles. The maximum absolute atomic E-state index is 11.4. The molecule has 1 aromatic carbocycles. The van der Waals surface area contributed by atoms with E-state index in [1.807, 2.05) is 17.5 Å². The highest BCUT2D eigenvalue weighted by molar-refractivity contribution is 5.94. The molecule has 0 aliphatic carbocycles. The van der Waals surface area contributed by atoms with E-state index in [9.17, 15) is 9.59 Å². The first-order chi connectivity index (χ1) is 8.60. The summed E-state index contributed by atoms with van der Waals surface area (Å²) in [5, 5.41) is 11.7. The van der Waals surface area contributed by atoms with E-state index in [0.717, 1.165) is 10.9 Å². The summed E-state index contributed by atoms with van der Waals surface area (Å²) in [7, 11) is 0. The van der Waals surface area contributed by atoms with Crippen molar-refractivity contribution in [1.29, 1.82) is 5.26 Å². The molecule has 6 heteroatoms. The second-order valence-electron chi connectivity index (χ2n) is 3.74. The number of rotatable bonds is 2. The molecule has 0 spiro atoms. The van der Waals surface area contributed by atoms with E-state index >= 15 is 0 Å². The maximum Gasteiger partial charge on any atom is 0.318 e. The normalized spacial score (nSPS) is 9.94. The average Bonchev–Trinajstić information content (AvgIpc) is 2.70. The van der Waals surface area contributed by atoms with Crippen LogP contribution in [0.1, 0.15) is 5.56 Å². The fourth-order valence-electron chi connectivity index (χ4n) is 1.72. The molecule has 0 aliphatic rings. The molecule has 0 unspecified atom stereocenters. The highest BCUT2D eigenvalue weighted by atomic mass is 16.2. The summed E-state index contributed by atoms with van der Waals surface area (Å²) in [6.07, 6.45) is 1.71. The number of nitrogens with two attached hydrogens (primary N) is 1. The Balaban J connectivity index is 2.31. The first kappa shape index (κ1) is 11.7. The van der Waals surface area contributed by atoms with Gasteiger partial charge in [0.2, 0.25) is 5.91 Å². The van der Waals surface area contributed by atoms with E-state index in [0.29, 0.717) is 5.56 Å². The number of nitriles is 1. The summed E-state index contributed by atoms with van der Waals surface area (Å²) in [5.74, 6) is -0.498. The minimum atomic E-state index is -0.880. The second-order valence-corrected chi connectivity index (χ2v) is 3.74. The molecule has 0 aliphatic heterocycles. The lowest BCUT2D eigenvalue weighted by Gasteiger charge is -2.04. The van der Waals surface area contributed by atoms with Crippen LogP contribution >= 0.6 is 0 Å². The Bertz CT molecular complexity index is 666. The lowest BCUT2D eigenvalue weighted by atomic mass is 10.2. The van der Waals surface area contributed by atoms with Gasteiger partial charge >= 0.3 is 6.03 Å². The minimum absolute atomic E-state index is 0.0265. The van der Waals surface area contributed by atoms with Crippen molar-refractivity contribution in [3.05, 3.63) is 36.0 Å². The average molecular weight is 242 g/mol. The lowest BCUT2D eigenvalue weighted by Crippen LogP contribution is -2.37. The van der Waals surface area contributed by atoms with Crippen molar-refractivity contribution in [1.82, 2.24) is 9.88 Å². The number of carbonyl (C=O) groups is 2. The molecule has 0 bridgehead atoms. The topological polar surface area (TPSA) is 101 Å². The van der Waals surface area contributed by atoms with Gasteiger partial charge in [-0.05, 0) is 23.6 Å². The van der Waals surface area contributed by atoms with Crippen molar-refractivity contribution in [2.24, 2.45) is 5.73 Å². The number of fused-ring (bicyclic) bond motifs is 1. The Labute approximate surface area is 103 Å². The summed E-state index contributed by atoms with van der Waals surface area (Å²) in [6, 6.07) is 8.17. The van der Waals surface area contributed by atoms with Crippen LogP contribution in [-0.4, -0.2) is 16.5 Å². The van der Waals surface area contributed by atoms with Crippen LogP contribution in [0.2, 0.25) is 0 Å². The summed E-state index contributed by atoms with van der Waals surface area (Å²) >= 11 is 0. The molecule has 18 heavy (non-hydrogen) atoms. The van der Waals surface area contributed by atoms with Gasteiger partial charge in [-0.2, -0.15) is 5.26 Å². The number of urea groups is 1. The van der Waals surface area contributed by atoms with Crippen molar-refractivity contribution in [3.63, 3.8) is 0 Å². The third kappa shape index (κ3) is 2.30. The van der Waals surface area contributed by atoms with E-state index in [-0.39, 0.29) is 6.54 Å². The number of nitrogens with zero attached hydrogens (tertiary/aromatic N) is 2. The van der Waals surface area contributed by atoms with Gasteiger partial charge in [-0.25, -0.2) is 4.79 Å². The zero-order chi connectivity index (χ0) is 13.1. The first-order valence-electron chi connectivity index (χ1n) is 5.18. The van der Waals surface area contributed by atoms with Crippen LogP contribution < -0.4 is 11.1 Å². The number of carbonyl (C=O) groups excluding carboxylic acids is 2.